The molecule has 0 saturated heterocycles. The van der Waals surface area contributed by atoms with E-state index in [1.165, 1.54) is 103 Å². The van der Waals surface area contributed by atoms with Crippen LogP contribution in [0.5, 0.6) is 0 Å². The molecule has 0 radical (unpaired) electrons. The van der Waals surface area contributed by atoms with Crippen molar-refractivity contribution in [3.8, 4) is 0 Å². The van der Waals surface area contributed by atoms with Crippen molar-refractivity contribution in [1.29, 1.82) is 0 Å². The van der Waals surface area contributed by atoms with Crippen LogP contribution in [0.25, 0.3) is 0 Å². The van der Waals surface area contributed by atoms with Crippen LogP contribution in [0.15, 0.2) is 0 Å². The minimum atomic E-state index is -10.7. The first kappa shape index (κ1) is 32.5. The summed E-state index contributed by atoms with van der Waals surface area (Å²) in [6.07, 6.45) is 23.4. The fourth-order valence-electron chi connectivity index (χ4n) is 3.21. The van der Waals surface area contributed by atoms with Gasteiger partial charge in [0.15, 0.2) is 0 Å². The first-order valence-corrected chi connectivity index (χ1v) is 15.8. The van der Waals surface area contributed by atoms with Crippen molar-refractivity contribution in [2.24, 2.45) is 0 Å². The van der Waals surface area contributed by atoms with Gasteiger partial charge in [0, 0.05) is 0 Å². The molecule has 0 aromatic heterocycles. The molecule has 0 atom stereocenters. The van der Waals surface area contributed by atoms with Gasteiger partial charge in [0.05, 0.1) is 0 Å². The maximum atomic E-state index is 9.87. The molecule has 0 amide bonds. The average molecular weight is 489 g/mol. The molecule has 0 fully saturated rings. The second-order valence-corrected chi connectivity index (χ2v) is 12.6. The number of hydrogen-bond donors (Lipinski definition) is 0. The Morgan fingerprint density at radius 3 is 0.867 bits per heavy atom. The summed E-state index contributed by atoms with van der Waals surface area (Å²) in [7, 11) is -9.90. The zero-order valence-corrected chi connectivity index (χ0v) is 21.3. The van der Waals surface area contributed by atoms with Crippen molar-refractivity contribution in [3.05, 3.63) is 0 Å². The fraction of sp³-hybridized carbons (Fsp3) is 1.00. The van der Waals surface area contributed by atoms with Crippen LogP contribution in [0.4, 0.5) is 25.2 Å². The van der Waals surface area contributed by atoms with E-state index in [0.717, 1.165) is 10.9 Å². The molecule has 0 aliphatic rings. The van der Waals surface area contributed by atoms with Crippen LogP contribution >= 0.6 is 7.81 Å². The van der Waals surface area contributed by atoms with Crippen LogP contribution in [0, 0.1) is 0 Å². The summed E-state index contributed by atoms with van der Waals surface area (Å²) >= 11 is 0. The average Bonchev–Trinajstić information content (AvgIpc) is 2.61. The zero-order valence-electron chi connectivity index (χ0n) is 19.6. The van der Waals surface area contributed by atoms with Crippen molar-refractivity contribution in [2.75, 3.05) is 17.3 Å². The summed E-state index contributed by atoms with van der Waals surface area (Å²) < 4.78 is 59.2. The second-order valence-electron chi connectivity index (χ2n) is 8.28. The van der Waals surface area contributed by atoms with E-state index in [0.29, 0.717) is 0 Å². The van der Waals surface area contributed by atoms with E-state index in [4.69, 9.17) is 0 Å². The summed E-state index contributed by atoms with van der Waals surface area (Å²) in [5.41, 5.74) is 0. The van der Waals surface area contributed by atoms with Crippen molar-refractivity contribution in [2.45, 2.75) is 124 Å². The van der Waals surface area contributed by atoms with E-state index in [2.05, 4.69) is 20.8 Å². The summed E-state index contributed by atoms with van der Waals surface area (Å²) in [5.74, 6) is 4.64. The van der Waals surface area contributed by atoms with Gasteiger partial charge in [-0.3, -0.25) is 0 Å². The Bertz CT molecular complexity index is 344. The molecule has 0 saturated carbocycles. The van der Waals surface area contributed by atoms with Gasteiger partial charge in [-0.15, -0.1) is 0 Å². The molecule has 0 unspecified atom stereocenters. The van der Waals surface area contributed by atoms with Crippen molar-refractivity contribution < 1.29 is 25.2 Å². The van der Waals surface area contributed by atoms with E-state index in [9.17, 15) is 25.2 Å². The van der Waals surface area contributed by atoms with Gasteiger partial charge in [-0.25, -0.2) is 0 Å². The number of hydrogen-bond acceptors (Lipinski definition) is 0. The summed E-state index contributed by atoms with van der Waals surface area (Å²) in [5, 5.41) is 0. The van der Waals surface area contributed by atoms with Crippen LogP contribution in [0.3, 0.4) is 0 Å². The zero-order chi connectivity index (χ0) is 23.4. The van der Waals surface area contributed by atoms with Gasteiger partial charge in [0.2, 0.25) is 0 Å². The van der Waals surface area contributed by atoms with Gasteiger partial charge >= 0.3 is 33.0 Å². The van der Waals surface area contributed by atoms with Gasteiger partial charge < -0.3 is 0 Å². The molecule has 0 nitrogen and oxygen atoms in total. The van der Waals surface area contributed by atoms with E-state index >= 15 is 0 Å². The molecule has 0 aliphatic heterocycles. The molecule has 0 rings (SSSR count). The Kier molecular flexibility index (Phi) is 18.3. The van der Waals surface area contributed by atoms with Crippen LogP contribution in [0.1, 0.15) is 124 Å². The molecule has 30 heavy (non-hydrogen) atoms. The van der Waals surface area contributed by atoms with Crippen molar-refractivity contribution in [3.63, 3.8) is 0 Å². The fourth-order valence-corrected chi connectivity index (χ4v) is 5.66. The maximum absolute atomic E-state index is 10.7. The van der Waals surface area contributed by atoms with Gasteiger partial charge in [0.25, 0.3) is 0 Å². The molecule has 0 spiro atoms. The van der Waals surface area contributed by atoms with Gasteiger partial charge in [-0.05, 0) is 49.4 Å². The second kappa shape index (κ2) is 16.9. The van der Waals surface area contributed by atoms with Gasteiger partial charge in [0.1, 0.15) is 17.3 Å². The van der Waals surface area contributed by atoms with Crippen LogP contribution < -0.4 is 0 Å². The Labute approximate surface area is 184 Å². The third-order valence-electron chi connectivity index (χ3n) is 4.86. The summed E-state index contributed by atoms with van der Waals surface area (Å²) in [4.78, 5) is 0. The quantitative estimate of drug-likeness (QED) is 0.0734. The predicted molar refractivity (Wildman–Crippen MR) is 126 cm³/mol. The molecular weight excluding hydrogens is 441 g/mol. The molecule has 0 aliphatic carbocycles. The molecule has 0 aromatic carbocycles. The Morgan fingerprint density at radius 1 is 0.400 bits per heavy atom. The Morgan fingerprint density at radius 2 is 0.600 bits per heavy atom. The monoisotopic (exact) mass is 488 g/mol. The molecule has 0 heterocycles. The first-order chi connectivity index (χ1) is 13.8. The number of rotatable bonds is 19. The number of halogens is 6. The summed E-state index contributed by atoms with van der Waals surface area (Å²) in [6, 6.07) is 0. The van der Waals surface area contributed by atoms with Gasteiger partial charge in [-0.2, -0.15) is 0 Å². The van der Waals surface area contributed by atoms with Crippen molar-refractivity contribution in [1.82, 2.24) is 0 Å². The molecule has 8 heteroatoms. The SMILES string of the molecule is CCCCCCCC[S+](CCCCCC)CCCCCCCC.F[P-](F)(F)(F)(F)F. The molecule has 0 bridgehead atoms. The van der Waals surface area contributed by atoms with Crippen LogP contribution in [-0.2, 0) is 10.9 Å². The standard InChI is InChI=1S/C22H47S.F6P/c1-4-7-10-13-15-18-21-23(20-17-12-9-6-3)22-19-16-14-11-8-5-2;1-7(2,3,4,5)6/h4-22H2,1-3H3;/q+1;-1. The van der Waals surface area contributed by atoms with E-state index in [1.807, 2.05) is 0 Å². The summed E-state index contributed by atoms with van der Waals surface area (Å²) in [6.45, 7) is 6.95. The van der Waals surface area contributed by atoms with Crippen LogP contribution in [-0.4, -0.2) is 17.3 Å². The Hall–Kier alpha value is 0.360. The first-order valence-electron chi connectivity index (χ1n) is 12.0. The third-order valence-corrected chi connectivity index (χ3v) is 7.46. The molecule has 0 aromatic rings. The molecule has 0 N–H and O–H groups in total. The van der Waals surface area contributed by atoms with Crippen LogP contribution in [0.2, 0.25) is 0 Å². The molecular formula is C22H47F6PS. The predicted octanol–water partition coefficient (Wildman–Crippen LogP) is 11.3. The topological polar surface area (TPSA) is 0 Å². The van der Waals surface area contributed by atoms with Gasteiger partial charge in [-0.1, -0.05) is 85.0 Å². The van der Waals surface area contributed by atoms with E-state index < -0.39 is 7.81 Å². The van der Waals surface area contributed by atoms with E-state index in [1.54, 1.807) is 17.3 Å². The Balaban J connectivity index is 0. The minimum absolute atomic E-state index is 0.758. The molecule has 188 valence electrons. The third kappa shape index (κ3) is 42.5. The number of unbranched alkanes of at least 4 members (excludes halogenated alkanes) is 13. The van der Waals surface area contributed by atoms with Crippen molar-refractivity contribution >= 4 is 18.7 Å². The normalized spacial score (nSPS) is 14.2. The van der Waals surface area contributed by atoms with E-state index in [-0.39, 0.29) is 0 Å².